The van der Waals surface area contributed by atoms with Crippen molar-refractivity contribution in [3.05, 3.63) is 12.7 Å². The number of nitrogens with one attached hydrogen (secondary N) is 1. The van der Waals surface area contributed by atoms with Gasteiger partial charge in [0.2, 0.25) is 5.91 Å². The Morgan fingerprint density at radius 3 is 2.11 bits per heavy atom. The van der Waals surface area contributed by atoms with Crippen molar-refractivity contribution in [3.63, 3.8) is 0 Å². The zero-order chi connectivity index (χ0) is 26.3. The van der Waals surface area contributed by atoms with E-state index in [1.54, 1.807) is 4.57 Å². The second kappa shape index (κ2) is 16.7. The first-order chi connectivity index (χ1) is 18.1. The minimum Gasteiger partial charge on any atom is -0.394 e. The van der Waals surface area contributed by atoms with Gasteiger partial charge in [-0.25, -0.2) is 15.0 Å². The molecule has 0 bridgehead atoms. The number of anilines is 1. The molecule has 0 saturated carbocycles. The lowest BCUT2D eigenvalue weighted by Crippen LogP contribution is -2.19. The van der Waals surface area contributed by atoms with Crippen LogP contribution in [0.4, 0.5) is 5.82 Å². The zero-order valence-corrected chi connectivity index (χ0v) is 22.6. The molecule has 0 aromatic carbocycles. The molecule has 3 rings (SSSR count). The monoisotopic (exact) mass is 517 g/mol. The maximum Gasteiger partial charge on any atom is 0.225 e. The molecule has 37 heavy (non-hydrogen) atoms. The molecule has 2 aromatic heterocycles. The summed E-state index contributed by atoms with van der Waals surface area (Å²) in [6.07, 6.45) is 21.2. The number of imidazole rings is 1. The Balaban J connectivity index is 1.27. The van der Waals surface area contributed by atoms with Gasteiger partial charge in [0.1, 0.15) is 12.4 Å². The number of nitrogens with zero attached hydrogens (tertiary/aromatic N) is 4. The summed E-state index contributed by atoms with van der Waals surface area (Å²) < 4.78 is 7.34. The molecule has 0 spiro atoms. The quantitative estimate of drug-likeness (QED) is 0.205. The topological polar surface area (TPSA) is 122 Å². The predicted molar refractivity (Wildman–Crippen MR) is 145 cm³/mol. The number of ether oxygens (including phenoxy) is 1. The van der Waals surface area contributed by atoms with Crippen LogP contribution in [0, 0.1) is 0 Å². The maximum absolute atomic E-state index is 12.5. The van der Waals surface area contributed by atoms with E-state index in [-0.39, 0.29) is 12.5 Å². The van der Waals surface area contributed by atoms with E-state index in [0.717, 1.165) is 12.8 Å². The SMILES string of the molecule is CCCCCCCCCCCCCCCCCC(=O)Nc1ncnc2c1ncn2[C@@H]1O[C@H](CO)C[C@H]1O. The lowest BCUT2D eigenvalue weighted by molar-refractivity contribution is -0.116. The Labute approximate surface area is 221 Å². The zero-order valence-electron chi connectivity index (χ0n) is 22.6. The predicted octanol–water partition coefficient (Wildman–Crippen LogP) is 5.67. The lowest BCUT2D eigenvalue weighted by Gasteiger charge is -2.16. The Morgan fingerprint density at radius 1 is 0.946 bits per heavy atom. The van der Waals surface area contributed by atoms with Gasteiger partial charge in [0.05, 0.1) is 19.0 Å². The van der Waals surface area contributed by atoms with Crippen LogP contribution in [0.15, 0.2) is 12.7 Å². The van der Waals surface area contributed by atoms with Crippen LogP contribution in [0.5, 0.6) is 0 Å². The third-order valence-electron chi connectivity index (χ3n) is 7.27. The number of unbranched alkanes of at least 4 members (excludes halogenated alkanes) is 14. The molecule has 0 aliphatic carbocycles. The van der Waals surface area contributed by atoms with Crippen molar-refractivity contribution < 1.29 is 19.7 Å². The van der Waals surface area contributed by atoms with E-state index >= 15 is 0 Å². The summed E-state index contributed by atoms with van der Waals surface area (Å²) in [6, 6.07) is 0. The van der Waals surface area contributed by atoms with Crippen LogP contribution in [0.2, 0.25) is 0 Å². The van der Waals surface area contributed by atoms with Gasteiger partial charge in [-0.05, 0) is 6.42 Å². The highest BCUT2D eigenvalue weighted by Crippen LogP contribution is 2.31. The minimum absolute atomic E-state index is 0.0817. The number of hydrogen-bond donors (Lipinski definition) is 3. The summed E-state index contributed by atoms with van der Waals surface area (Å²) >= 11 is 0. The fourth-order valence-electron chi connectivity index (χ4n) is 5.08. The Morgan fingerprint density at radius 2 is 1.54 bits per heavy atom. The van der Waals surface area contributed by atoms with Crippen molar-refractivity contribution in [1.82, 2.24) is 19.5 Å². The van der Waals surface area contributed by atoms with E-state index < -0.39 is 18.4 Å². The van der Waals surface area contributed by atoms with Crippen LogP contribution in [0.1, 0.15) is 122 Å². The van der Waals surface area contributed by atoms with Crippen LogP contribution >= 0.6 is 0 Å². The molecule has 0 unspecified atom stereocenters. The Hall–Kier alpha value is -2.10. The van der Waals surface area contributed by atoms with Gasteiger partial charge in [-0.2, -0.15) is 0 Å². The van der Waals surface area contributed by atoms with Gasteiger partial charge in [-0.3, -0.25) is 9.36 Å². The molecule has 3 atom stereocenters. The number of carbonyl (C=O) groups is 1. The molecule has 3 heterocycles. The second-order valence-electron chi connectivity index (χ2n) is 10.4. The van der Waals surface area contributed by atoms with E-state index in [4.69, 9.17) is 4.74 Å². The first-order valence-electron chi connectivity index (χ1n) is 14.6. The smallest absolute Gasteiger partial charge is 0.225 e. The molecule has 2 aromatic rings. The number of carbonyl (C=O) groups excluding carboxylic acids is 1. The van der Waals surface area contributed by atoms with Gasteiger partial charge < -0.3 is 20.3 Å². The number of aromatic nitrogens is 4. The van der Waals surface area contributed by atoms with Gasteiger partial charge in [0.25, 0.3) is 0 Å². The van der Waals surface area contributed by atoms with Crippen LogP contribution in [-0.4, -0.2) is 54.5 Å². The number of aliphatic hydroxyl groups is 2. The van der Waals surface area contributed by atoms with Crippen molar-refractivity contribution in [3.8, 4) is 0 Å². The highest BCUT2D eigenvalue weighted by Gasteiger charge is 2.36. The number of fused-ring (bicyclic) bond motifs is 1. The van der Waals surface area contributed by atoms with Gasteiger partial charge in [-0.1, -0.05) is 96.8 Å². The molecule has 1 aliphatic rings. The number of aliphatic hydroxyl groups excluding tert-OH is 2. The molecule has 3 N–H and O–H groups in total. The molecule has 9 nitrogen and oxygen atoms in total. The second-order valence-corrected chi connectivity index (χ2v) is 10.4. The van der Waals surface area contributed by atoms with Crippen LogP contribution in [0.3, 0.4) is 0 Å². The summed E-state index contributed by atoms with van der Waals surface area (Å²) in [5.41, 5.74) is 0.926. The minimum atomic E-state index is -0.771. The van der Waals surface area contributed by atoms with Crippen LogP contribution in [-0.2, 0) is 9.53 Å². The van der Waals surface area contributed by atoms with Crippen molar-refractivity contribution in [2.45, 2.75) is 135 Å². The van der Waals surface area contributed by atoms with Gasteiger partial charge >= 0.3 is 0 Å². The van der Waals surface area contributed by atoms with Crippen molar-refractivity contribution in [1.29, 1.82) is 0 Å². The maximum atomic E-state index is 12.5. The summed E-state index contributed by atoms with van der Waals surface area (Å²) in [5.74, 6) is 0.280. The molecule has 0 radical (unpaired) electrons. The van der Waals surface area contributed by atoms with E-state index in [9.17, 15) is 15.0 Å². The molecule has 1 saturated heterocycles. The van der Waals surface area contributed by atoms with Gasteiger partial charge in [-0.15, -0.1) is 0 Å². The van der Waals surface area contributed by atoms with Crippen molar-refractivity contribution in [2.75, 3.05) is 11.9 Å². The Kier molecular flexibility index (Phi) is 13.3. The summed E-state index contributed by atoms with van der Waals surface area (Å²) in [7, 11) is 0. The van der Waals surface area contributed by atoms with Crippen LogP contribution < -0.4 is 5.32 Å². The molecule has 1 amide bonds. The van der Waals surface area contributed by atoms with Crippen molar-refractivity contribution in [2.24, 2.45) is 0 Å². The average Bonchev–Trinajstić information content (AvgIpc) is 3.49. The summed E-state index contributed by atoms with van der Waals surface area (Å²) in [5, 5.41) is 22.5. The highest BCUT2D eigenvalue weighted by atomic mass is 16.5. The van der Waals surface area contributed by atoms with E-state index in [0.29, 0.717) is 29.8 Å². The Bertz CT molecular complexity index is 921. The fraction of sp³-hybridized carbons (Fsp3) is 0.786. The molecule has 9 heteroatoms. The normalized spacial score (nSPS) is 19.6. The largest absolute Gasteiger partial charge is 0.394 e. The third kappa shape index (κ3) is 9.61. The van der Waals surface area contributed by atoms with Crippen molar-refractivity contribution >= 4 is 22.9 Å². The average molecular weight is 518 g/mol. The number of rotatable bonds is 19. The lowest BCUT2D eigenvalue weighted by atomic mass is 10.0. The molecule has 1 aliphatic heterocycles. The number of hydrogen-bond acceptors (Lipinski definition) is 7. The van der Waals surface area contributed by atoms with E-state index in [1.165, 1.54) is 96.1 Å². The van der Waals surface area contributed by atoms with E-state index in [1.807, 2.05) is 0 Å². The first-order valence-corrected chi connectivity index (χ1v) is 14.6. The number of amides is 1. The first kappa shape index (κ1) is 29.5. The molecular weight excluding hydrogens is 470 g/mol. The fourth-order valence-corrected chi connectivity index (χ4v) is 5.08. The molecule has 208 valence electrons. The standard InChI is InChI=1S/C28H47N5O4/c1-2-3-4-5-6-7-8-9-10-11-12-13-14-15-16-17-24(36)32-26-25-27(30-20-29-26)33(21-31-25)28-23(35)18-22(19-34)37-28/h20-23,28,34-35H,2-19H2,1H3,(H,29,30,32,36)/t22-,23+,28+/m0/s1. The summed E-state index contributed by atoms with van der Waals surface area (Å²) in [6.45, 7) is 2.11. The molecular formula is C28H47N5O4. The van der Waals surface area contributed by atoms with E-state index in [2.05, 4.69) is 27.2 Å². The molecule has 1 fully saturated rings. The van der Waals surface area contributed by atoms with Gasteiger partial charge in [0, 0.05) is 12.8 Å². The highest BCUT2D eigenvalue weighted by molar-refractivity contribution is 5.96. The van der Waals surface area contributed by atoms with Crippen LogP contribution in [0.25, 0.3) is 11.2 Å². The summed E-state index contributed by atoms with van der Waals surface area (Å²) in [4.78, 5) is 25.3. The van der Waals surface area contributed by atoms with Gasteiger partial charge in [0.15, 0.2) is 23.2 Å². The third-order valence-corrected chi connectivity index (χ3v) is 7.27.